The standard InChI is InChI=1S/C3H3ClI2O/c4-3(6)2(5)1-7/h7H,1H2/b3-2+. The van der Waals surface area contributed by atoms with Crippen LogP contribution in [-0.4, -0.2) is 11.7 Å². The highest BCUT2D eigenvalue weighted by Gasteiger charge is 1.91. The van der Waals surface area contributed by atoms with E-state index in [0.717, 1.165) is 3.58 Å². The summed E-state index contributed by atoms with van der Waals surface area (Å²) in [6.45, 7) is 0.0440. The summed E-state index contributed by atoms with van der Waals surface area (Å²) in [5, 5.41) is 8.35. The first-order valence-corrected chi connectivity index (χ1v) is 4.02. The third kappa shape index (κ3) is 3.99. The fraction of sp³-hybridized carbons (Fsp3) is 0.333. The predicted octanol–water partition coefficient (Wildman–Crippen LogP) is 2.26. The highest BCUT2D eigenvalue weighted by Crippen LogP contribution is 2.21. The van der Waals surface area contributed by atoms with Crippen molar-refractivity contribution in [3.05, 3.63) is 6.62 Å². The van der Waals surface area contributed by atoms with Crippen molar-refractivity contribution in [1.82, 2.24) is 0 Å². The summed E-state index contributed by atoms with van der Waals surface area (Å²) in [6.07, 6.45) is 0. The maximum atomic E-state index is 8.35. The third-order valence-corrected chi connectivity index (χ3v) is 3.45. The first-order valence-electron chi connectivity index (χ1n) is 1.49. The van der Waals surface area contributed by atoms with Crippen LogP contribution in [0.3, 0.4) is 0 Å². The van der Waals surface area contributed by atoms with Crippen molar-refractivity contribution in [2.75, 3.05) is 6.61 Å². The molecule has 0 atom stereocenters. The fourth-order valence-corrected chi connectivity index (χ4v) is 0.290. The molecule has 0 aromatic carbocycles. The molecule has 0 aliphatic carbocycles. The zero-order valence-corrected chi connectivity index (χ0v) is 8.36. The molecular formula is C3H3ClI2O. The summed E-state index contributed by atoms with van der Waals surface area (Å²) in [7, 11) is 0. The Bertz CT molecular complexity index is 86.9. The summed E-state index contributed by atoms with van der Waals surface area (Å²) in [6, 6.07) is 0. The minimum absolute atomic E-state index is 0.0440. The van der Waals surface area contributed by atoms with Crippen molar-refractivity contribution in [3.63, 3.8) is 0 Å². The molecule has 0 aromatic rings. The molecule has 0 saturated carbocycles. The zero-order valence-electron chi connectivity index (χ0n) is 3.29. The largest absolute Gasteiger partial charge is 0.391 e. The smallest absolute Gasteiger partial charge is 0.0904 e. The second kappa shape index (κ2) is 4.34. The van der Waals surface area contributed by atoms with Crippen molar-refractivity contribution in [2.45, 2.75) is 0 Å². The normalized spacial score (nSPS) is 13.7. The van der Waals surface area contributed by atoms with Gasteiger partial charge in [-0.15, -0.1) is 0 Å². The Labute approximate surface area is 74.4 Å². The molecule has 0 unspecified atom stereocenters. The van der Waals surface area contributed by atoms with E-state index in [-0.39, 0.29) is 6.61 Å². The Balaban J connectivity index is 3.72. The SMILES string of the molecule is OC/C(I)=C(/Cl)I. The zero-order chi connectivity index (χ0) is 5.86. The van der Waals surface area contributed by atoms with E-state index in [1.165, 1.54) is 0 Å². The minimum Gasteiger partial charge on any atom is -0.391 e. The van der Waals surface area contributed by atoms with Crippen molar-refractivity contribution in [3.8, 4) is 0 Å². The van der Waals surface area contributed by atoms with Gasteiger partial charge in [0, 0.05) is 3.58 Å². The van der Waals surface area contributed by atoms with Crippen LogP contribution in [0.5, 0.6) is 0 Å². The van der Waals surface area contributed by atoms with E-state index in [0.29, 0.717) is 3.04 Å². The molecule has 0 aliphatic heterocycles. The van der Waals surface area contributed by atoms with Gasteiger partial charge in [0.05, 0.1) is 9.65 Å². The van der Waals surface area contributed by atoms with Crippen LogP contribution in [0.2, 0.25) is 0 Å². The second-order valence-electron chi connectivity index (χ2n) is 0.823. The van der Waals surface area contributed by atoms with Gasteiger partial charge in [0.2, 0.25) is 0 Å². The predicted molar refractivity (Wildman–Crippen MR) is 48.0 cm³/mol. The molecule has 4 heteroatoms. The molecule has 0 fully saturated rings. The van der Waals surface area contributed by atoms with Gasteiger partial charge in [0.25, 0.3) is 0 Å². The summed E-state index contributed by atoms with van der Waals surface area (Å²) in [5.74, 6) is 0. The summed E-state index contributed by atoms with van der Waals surface area (Å²) >= 11 is 9.36. The highest BCUT2D eigenvalue weighted by atomic mass is 127. The van der Waals surface area contributed by atoms with Crippen molar-refractivity contribution in [1.29, 1.82) is 0 Å². The lowest BCUT2D eigenvalue weighted by molar-refractivity contribution is 0.341. The van der Waals surface area contributed by atoms with E-state index in [2.05, 4.69) is 0 Å². The minimum atomic E-state index is 0.0440. The van der Waals surface area contributed by atoms with Gasteiger partial charge in [0.1, 0.15) is 0 Å². The lowest BCUT2D eigenvalue weighted by Gasteiger charge is -1.87. The molecule has 0 spiro atoms. The summed E-state index contributed by atoms with van der Waals surface area (Å²) < 4.78 is 1.43. The molecule has 0 amide bonds. The maximum Gasteiger partial charge on any atom is 0.0904 e. The van der Waals surface area contributed by atoms with Crippen LogP contribution in [0.4, 0.5) is 0 Å². The van der Waals surface area contributed by atoms with E-state index in [9.17, 15) is 0 Å². The van der Waals surface area contributed by atoms with Crippen LogP contribution in [0.25, 0.3) is 0 Å². The maximum absolute atomic E-state index is 8.35. The Morgan fingerprint density at radius 1 is 1.57 bits per heavy atom. The quantitative estimate of drug-likeness (QED) is 0.724. The summed E-state index contributed by atoms with van der Waals surface area (Å²) in [4.78, 5) is 0. The van der Waals surface area contributed by atoms with Crippen LogP contribution in [0, 0.1) is 0 Å². The van der Waals surface area contributed by atoms with Crippen LogP contribution in [0.15, 0.2) is 6.62 Å². The number of hydrogen-bond donors (Lipinski definition) is 1. The van der Waals surface area contributed by atoms with E-state index in [1.54, 1.807) is 0 Å². The number of aliphatic hydroxyl groups is 1. The molecule has 1 nitrogen and oxygen atoms in total. The molecule has 0 saturated heterocycles. The lowest BCUT2D eigenvalue weighted by Crippen LogP contribution is -1.77. The average molecular weight is 344 g/mol. The second-order valence-corrected chi connectivity index (χ2v) is 4.22. The third-order valence-electron chi connectivity index (χ3n) is 0.344. The van der Waals surface area contributed by atoms with Gasteiger partial charge in [-0.2, -0.15) is 0 Å². The highest BCUT2D eigenvalue weighted by molar-refractivity contribution is 14.1. The fourth-order valence-electron chi connectivity index (χ4n) is 0.0598. The summed E-state index contributed by atoms with van der Waals surface area (Å²) in [5.41, 5.74) is 0. The van der Waals surface area contributed by atoms with E-state index in [4.69, 9.17) is 16.7 Å². The Kier molecular flexibility index (Phi) is 5.24. The number of rotatable bonds is 1. The molecule has 42 valence electrons. The molecule has 0 bridgehead atoms. The van der Waals surface area contributed by atoms with Crippen molar-refractivity contribution in [2.24, 2.45) is 0 Å². The monoisotopic (exact) mass is 344 g/mol. The van der Waals surface area contributed by atoms with Gasteiger partial charge in [-0.1, -0.05) is 11.6 Å². The molecule has 0 radical (unpaired) electrons. The van der Waals surface area contributed by atoms with Gasteiger partial charge in [-0.25, -0.2) is 0 Å². The van der Waals surface area contributed by atoms with Crippen LogP contribution >= 0.6 is 56.8 Å². The number of aliphatic hydroxyl groups excluding tert-OH is 1. The van der Waals surface area contributed by atoms with Gasteiger partial charge < -0.3 is 5.11 Å². The first-order chi connectivity index (χ1) is 3.18. The average Bonchev–Trinajstić information content (AvgIpc) is 1.65. The van der Waals surface area contributed by atoms with Gasteiger partial charge in [-0.05, 0) is 45.2 Å². The van der Waals surface area contributed by atoms with Crippen LogP contribution in [0.1, 0.15) is 0 Å². The van der Waals surface area contributed by atoms with Gasteiger partial charge in [-0.3, -0.25) is 0 Å². The van der Waals surface area contributed by atoms with Crippen molar-refractivity contribution >= 4 is 56.8 Å². The number of halogens is 3. The molecule has 0 rings (SSSR count). The molecular weight excluding hydrogens is 341 g/mol. The molecule has 0 heterocycles. The van der Waals surface area contributed by atoms with E-state index in [1.807, 2.05) is 45.2 Å². The van der Waals surface area contributed by atoms with E-state index < -0.39 is 0 Å². The molecule has 1 N–H and O–H groups in total. The van der Waals surface area contributed by atoms with Gasteiger partial charge >= 0.3 is 0 Å². The van der Waals surface area contributed by atoms with Crippen LogP contribution < -0.4 is 0 Å². The molecule has 7 heavy (non-hydrogen) atoms. The lowest BCUT2D eigenvalue weighted by atomic mass is 10.7. The van der Waals surface area contributed by atoms with Gasteiger partial charge in [0.15, 0.2) is 0 Å². The van der Waals surface area contributed by atoms with Crippen LogP contribution in [-0.2, 0) is 0 Å². The Hall–Kier alpha value is 1.45. The topological polar surface area (TPSA) is 20.2 Å². The Morgan fingerprint density at radius 3 is 2.00 bits per heavy atom. The number of hydrogen-bond acceptors (Lipinski definition) is 1. The van der Waals surface area contributed by atoms with Crippen molar-refractivity contribution < 1.29 is 5.11 Å². The first kappa shape index (κ1) is 8.45. The molecule has 0 aliphatic rings. The Morgan fingerprint density at radius 2 is 2.00 bits per heavy atom. The molecule has 0 aromatic heterocycles. The van der Waals surface area contributed by atoms with E-state index >= 15 is 0 Å².